The maximum Gasteiger partial charge on any atom is 0.211 e. The molecule has 1 unspecified atom stereocenters. The van der Waals surface area contributed by atoms with Crippen LogP contribution in [0.1, 0.15) is 32.2 Å². The van der Waals surface area contributed by atoms with Crippen LogP contribution < -0.4 is 10.5 Å². The van der Waals surface area contributed by atoms with Gasteiger partial charge in [0.2, 0.25) is 5.89 Å². The number of oxazole rings is 1. The van der Waals surface area contributed by atoms with E-state index in [0.717, 1.165) is 23.5 Å². The number of hydrogen-bond acceptors (Lipinski definition) is 4. The summed E-state index contributed by atoms with van der Waals surface area (Å²) in [4.78, 5) is 4.27. The fraction of sp³-hybridized carbons (Fsp3) is 0.400. The minimum Gasteiger partial charge on any atom is -0.497 e. The maximum atomic E-state index is 6.06. The second-order valence-electron chi connectivity index (χ2n) is 5.03. The Balaban J connectivity index is 2.15. The van der Waals surface area contributed by atoms with E-state index < -0.39 is 0 Å². The van der Waals surface area contributed by atoms with Gasteiger partial charge in [-0.15, -0.1) is 0 Å². The molecule has 19 heavy (non-hydrogen) atoms. The molecule has 2 aromatic rings. The molecule has 0 aliphatic heterocycles. The second kappa shape index (κ2) is 5.89. The summed E-state index contributed by atoms with van der Waals surface area (Å²) in [5.74, 6) is 2.67. The summed E-state index contributed by atoms with van der Waals surface area (Å²) in [6, 6.07) is 7.53. The lowest BCUT2D eigenvalue weighted by Gasteiger charge is -2.09. The summed E-state index contributed by atoms with van der Waals surface area (Å²) in [6.07, 6.45) is 2.58. The van der Waals surface area contributed by atoms with E-state index in [0.29, 0.717) is 11.8 Å². The largest absolute Gasteiger partial charge is 0.497 e. The third-order valence-corrected chi connectivity index (χ3v) is 2.94. The second-order valence-corrected chi connectivity index (χ2v) is 5.03. The van der Waals surface area contributed by atoms with Crippen molar-refractivity contribution in [3.63, 3.8) is 0 Å². The molecule has 0 spiro atoms. The van der Waals surface area contributed by atoms with E-state index in [2.05, 4.69) is 18.8 Å². The van der Waals surface area contributed by atoms with Crippen LogP contribution in [-0.2, 0) is 0 Å². The number of hydrogen-bond donors (Lipinski definition) is 1. The number of rotatable bonds is 5. The summed E-state index contributed by atoms with van der Waals surface area (Å²) in [5, 5.41) is 0. The third kappa shape index (κ3) is 3.35. The normalized spacial score (nSPS) is 12.7. The lowest BCUT2D eigenvalue weighted by atomic mass is 10.0. The third-order valence-electron chi connectivity index (χ3n) is 2.94. The molecule has 2 rings (SSSR count). The van der Waals surface area contributed by atoms with Crippen LogP contribution in [0.25, 0.3) is 11.3 Å². The highest BCUT2D eigenvalue weighted by Crippen LogP contribution is 2.26. The fourth-order valence-corrected chi connectivity index (χ4v) is 1.96. The zero-order valence-corrected chi connectivity index (χ0v) is 11.6. The molecule has 1 atom stereocenters. The van der Waals surface area contributed by atoms with Gasteiger partial charge in [-0.05, 0) is 36.6 Å². The number of methoxy groups -OCH3 is 1. The first-order chi connectivity index (χ1) is 9.10. The summed E-state index contributed by atoms with van der Waals surface area (Å²) < 4.78 is 10.9. The Morgan fingerprint density at radius 2 is 1.95 bits per heavy atom. The Morgan fingerprint density at radius 3 is 2.53 bits per heavy atom. The van der Waals surface area contributed by atoms with Crippen molar-refractivity contribution in [2.75, 3.05) is 7.11 Å². The fourth-order valence-electron chi connectivity index (χ4n) is 1.96. The Bertz CT molecular complexity index is 517. The van der Waals surface area contributed by atoms with Gasteiger partial charge in [0.25, 0.3) is 0 Å². The molecular formula is C15H20N2O2. The molecule has 102 valence electrons. The lowest BCUT2D eigenvalue weighted by Crippen LogP contribution is -2.13. The summed E-state index contributed by atoms with van der Waals surface area (Å²) in [5.41, 5.74) is 7.03. The van der Waals surface area contributed by atoms with Gasteiger partial charge in [-0.3, -0.25) is 0 Å². The Kier molecular flexibility index (Phi) is 4.22. The van der Waals surface area contributed by atoms with Crippen LogP contribution in [0, 0.1) is 5.92 Å². The van der Waals surface area contributed by atoms with E-state index >= 15 is 0 Å². The molecule has 0 amide bonds. The van der Waals surface area contributed by atoms with Gasteiger partial charge in [0.05, 0.1) is 19.3 Å². The van der Waals surface area contributed by atoms with Crippen molar-refractivity contribution < 1.29 is 9.15 Å². The Hall–Kier alpha value is -1.81. The van der Waals surface area contributed by atoms with Crippen molar-refractivity contribution in [3.8, 4) is 17.1 Å². The van der Waals surface area contributed by atoms with Crippen LogP contribution in [0.5, 0.6) is 5.75 Å². The minimum absolute atomic E-state index is 0.146. The maximum absolute atomic E-state index is 6.06. The van der Waals surface area contributed by atoms with E-state index in [1.807, 2.05) is 24.3 Å². The van der Waals surface area contributed by atoms with E-state index in [-0.39, 0.29) is 6.04 Å². The monoisotopic (exact) mass is 260 g/mol. The predicted molar refractivity (Wildman–Crippen MR) is 74.9 cm³/mol. The highest BCUT2D eigenvalue weighted by atomic mass is 16.5. The molecule has 1 aromatic heterocycles. The van der Waals surface area contributed by atoms with Gasteiger partial charge in [-0.1, -0.05) is 13.8 Å². The molecule has 0 saturated heterocycles. The molecule has 0 radical (unpaired) electrons. The molecule has 2 N–H and O–H groups in total. The number of aromatic nitrogens is 1. The van der Waals surface area contributed by atoms with Crippen molar-refractivity contribution >= 4 is 0 Å². The number of nitrogens with zero attached hydrogens (tertiary/aromatic N) is 1. The van der Waals surface area contributed by atoms with Gasteiger partial charge >= 0.3 is 0 Å². The predicted octanol–water partition coefficient (Wildman–Crippen LogP) is 3.40. The van der Waals surface area contributed by atoms with Crippen molar-refractivity contribution in [2.45, 2.75) is 26.3 Å². The van der Waals surface area contributed by atoms with Gasteiger partial charge in [-0.2, -0.15) is 0 Å². The Labute approximate surface area is 113 Å². The smallest absolute Gasteiger partial charge is 0.211 e. The van der Waals surface area contributed by atoms with E-state index in [9.17, 15) is 0 Å². The average molecular weight is 260 g/mol. The standard InChI is InChI=1S/C15H20N2O2/c1-10(2)8-13(16)15-17-9-14(19-15)11-4-6-12(18-3)7-5-11/h4-7,9-10,13H,8,16H2,1-3H3. The molecular weight excluding hydrogens is 240 g/mol. The van der Waals surface area contributed by atoms with Crippen LogP contribution in [-0.4, -0.2) is 12.1 Å². The molecule has 0 saturated carbocycles. The summed E-state index contributed by atoms with van der Waals surface area (Å²) >= 11 is 0. The number of ether oxygens (including phenoxy) is 1. The zero-order chi connectivity index (χ0) is 13.8. The first-order valence-corrected chi connectivity index (χ1v) is 6.46. The van der Waals surface area contributed by atoms with E-state index in [1.54, 1.807) is 13.3 Å². The molecule has 0 aliphatic rings. The van der Waals surface area contributed by atoms with Crippen LogP contribution >= 0.6 is 0 Å². The van der Waals surface area contributed by atoms with Gasteiger partial charge in [0, 0.05) is 5.56 Å². The van der Waals surface area contributed by atoms with E-state index in [1.165, 1.54) is 0 Å². The molecule has 0 fully saturated rings. The van der Waals surface area contributed by atoms with Gasteiger partial charge in [-0.25, -0.2) is 4.98 Å². The van der Waals surface area contributed by atoms with Crippen LogP contribution in [0.4, 0.5) is 0 Å². The van der Waals surface area contributed by atoms with Gasteiger partial charge < -0.3 is 14.9 Å². The molecule has 4 nitrogen and oxygen atoms in total. The molecule has 4 heteroatoms. The Morgan fingerprint density at radius 1 is 1.26 bits per heavy atom. The quantitative estimate of drug-likeness (QED) is 0.895. The minimum atomic E-state index is -0.146. The van der Waals surface area contributed by atoms with Gasteiger partial charge in [0.1, 0.15) is 5.75 Å². The molecule has 0 bridgehead atoms. The first kappa shape index (κ1) is 13.6. The molecule has 1 aromatic carbocycles. The lowest BCUT2D eigenvalue weighted by molar-refractivity contribution is 0.407. The highest BCUT2D eigenvalue weighted by molar-refractivity contribution is 5.57. The van der Waals surface area contributed by atoms with Crippen molar-refractivity contribution in [1.29, 1.82) is 0 Å². The van der Waals surface area contributed by atoms with Gasteiger partial charge in [0.15, 0.2) is 5.76 Å². The van der Waals surface area contributed by atoms with Crippen molar-refractivity contribution in [1.82, 2.24) is 4.98 Å². The van der Waals surface area contributed by atoms with Crippen LogP contribution in [0.2, 0.25) is 0 Å². The topological polar surface area (TPSA) is 61.3 Å². The number of nitrogens with two attached hydrogens (primary N) is 1. The molecule has 1 heterocycles. The van der Waals surface area contributed by atoms with Crippen molar-refractivity contribution in [2.24, 2.45) is 11.7 Å². The highest BCUT2D eigenvalue weighted by Gasteiger charge is 2.15. The summed E-state index contributed by atoms with van der Waals surface area (Å²) in [6.45, 7) is 4.26. The first-order valence-electron chi connectivity index (χ1n) is 6.46. The van der Waals surface area contributed by atoms with Crippen LogP contribution in [0.3, 0.4) is 0 Å². The average Bonchev–Trinajstić information content (AvgIpc) is 2.88. The SMILES string of the molecule is COc1ccc(-c2cnc(C(N)CC(C)C)o2)cc1. The van der Waals surface area contributed by atoms with E-state index in [4.69, 9.17) is 14.9 Å². The number of benzene rings is 1. The summed E-state index contributed by atoms with van der Waals surface area (Å²) in [7, 11) is 1.65. The van der Waals surface area contributed by atoms with Crippen molar-refractivity contribution in [3.05, 3.63) is 36.4 Å². The van der Waals surface area contributed by atoms with Crippen LogP contribution in [0.15, 0.2) is 34.9 Å². The molecule has 0 aliphatic carbocycles. The zero-order valence-electron chi connectivity index (χ0n) is 11.6.